The third kappa shape index (κ3) is 4.92. The molecule has 6 heteroatoms. The Bertz CT molecular complexity index is 635. The Morgan fingerprint density at radius 1 is 1.38 bits per heavy atom. The smallest absolute Gasteiger partial charge is 0.310 e. The molecule has 1 aliphatic heterocycles. The minimum Gasteiger partial charge on any atom is -0.469 e. The van der Waals surface area contributed by atoms with E-state index in [1.807, 2.05) is 18.2 Å². The summed E-state index contributed by atoms with van der Waals surface area (Å²) in [5.41, 5.74) is 0.913. The number of hydrogen-bond acceptors (Lipinski definition) is 5. The van der Waals surface area contributed by atoms with E-state index in [1.165, 1.54) is 7.11 Å². The van der Waals surface area contributed by atoms with Gasteiger partial charge in [0.25, 0.3) is 0 Å². The van der Waals surface area contributed by atoms with Crippen molar-refractivity contribution < 1.29 is 23.8 Å². The first-order valence-corrected chi connectivity index (χ1v) is 7.80. The van der Waals surface area contributed by atoms with Crippen molar-refractivity contribution in [3.8, 4) is 23.8 Å². The lowest BCUT2D eigenvalue weighted by Crippen LogP contribution is -2.34. The topological polar surface area (TPSA) is 73.9 Å². The minimum absolute atomic E-state index is 0.121. The summed E-state index contributed by atoms with van der Waals surface area (Å²) in [6.07, 6.45) is 7.14. The molecule has 0 saturated carbocycles. The van der Waals surface area contributed by atoms with E-state index < -0.39 is 5.92 Å². The minimum atomic E-state index is -0.466. The van der Waals surface area contributed by atoms with E-state index in [9.17, 15) is 9.59 Å². The van der Waals surface area contributed by atoms with Crippen molar-refractivity contribution in [3.63, 3.8) is 0 Å². The number of carbonyl (C=O) groups is 2. The third-order valence-corrected chi connectivity index (χ3v) is 3.72. The van der Waals surface area contributed by atoms with Crippen LogP contribution in [-0.2, 0) is 20.7 Å². The number of amides is 1. The highest BCUT2D eigenvalue weighted by Gasteiger charge is 2.22. The van der Waals surface area contributed by atoms with Crippen molar-refractivity contribution in [1.82, 2.24) is 5.32 Å². The van der Waals surface area contributed by atoms with Gasteiger partial charge in [-0.15, -0.1) is 12.3 Å². The van der Waals surface area contributed by atoms with Gasteiger partial charge < -0.3 is 19.5 Å². The Balaban J connectivity index is 1.92. The molecule has 0 spiro atoms. The lowest BCUT2D eigenvalue weighted by atomic mass is 9.98. The van der Waals surface area contributed by atoms with E-state index >= 15 is 0 Å². The monoisotopic (exact) mass is 331 g/mol. The van der Waals surface area contributed by atoms with Crippen LogP contribution in [0.1, 0.15) is 24.8 Å². The summed E-state index contributed by atoms with van der Waals surface area (Å²) in [5.74, 6) is 2.89. The highest BCUT2D eigenvalue weighted by atomic mass is 16.7. The summed E-state index contributed by atoms with van der Waals surface area (Å²) in [6, 6.07) is 5.52. The van der Waals surface area contributed by atoms with Crippen molar-refractivity contribution in [1.29, 1.82) is 0 Å². The van der Waals surface area contributed by atoms with Crippen molar-refractivity contribution >= 4 is 11.9 Å². The fourth-order valence-electron chi connectivity index (χ4n) is 2.43. The van der Waals surface area contributed by atoms with E-state index in [-0.39, 0.29) is 25.2 Å². The van der Waals surface area contributed by atoms with Crippen molar-refractivity contribution in [2.24, 2.45) is 5.92 Å². The maximum absolute atomic E-state index is 12.0. The second kappa shape index (κ2) is 8.82. The van der Waals surface area contributed by atoms with Crippen LogP contribution >= 0.6 is 0 Å². The fourth-order valence-corrected chi connectivity index (χ4v) is 2.43. The molecule has 24 heavy (non-hydrogen) atoms. The molecule has 1 unspecified atom stereocenters. The zero-order valence-electron chi connectivity index (χ0n) is 13.7. The lowest BCUT2D eigenvalue weighted by molar-refractivity contribution is -0.145. The Labute approximate surface area is 141 Å². The number of carbonyl (C=O) groups excluding carboxylic acids is 2. The summed E-state index contributed by atoms with van der Waals surface area (Å²) < 4.78 is 15.4. The first-order valence-electron chi connectivity index (χ1n) is 7.80. The number of rotatable bonds is 8. The molecule has 0 radical (unpaired) electrons. The Morgan fingerprint density at radius 2 is 2.17 bits per heavy atom. The van der Waals surface area contributed by atoms with E-state index in [0.717, 1.165) is 5.56 Å². The van der Waals surface area contributed by atoms with Gasteiger partial charge in [0.05, 0.1) is 13.0 Å². The summed E-state index contributed by atoms with van der Waals surface area (Å²) in [7, 11) is 1.34. The number of terminal acetylenes is 1. The van der Waals surface area contributed by atoms with Crippen molar-refractivity contribution in [2.75, 3.05) is 20.4 Å². The molecule has 0 saturated heterocycles. The summed E-state index contributed by atoms with van der Waals surface area (Å²) in [6.45, 7) is 0.420. The number of hydrogen-bond donors (Lipinski definition) is 1. The standard InChI is InChI=1S/C18H21NO5/c1-3-4-5-6-17(20)19-11-14(18(21)22-2)9-13-7-8-15-16(10-13)24-12-23-15/h1,7-8,10,14H,4-6,9,11-12H2,2H3,(H,19,20). The summed E-state index contributed by atoms with van der Waals surface area (Å²) >= 11 is 0. The molecule has 0 aromatic heterocycles. The molecular formula is C18H21NO5. The highest BCUT2D eigenvalue weighted by Crippen LogP contribution is 2.33. The van der Waals surface area contributed by atoms with Crippen LogP contribution < -0.4 is 14.8 Å². The van der Waals surface area contributed by atoms with Crippen molar-refractivity contribution in [2.45, 2.75) is 25.7 Å². The van der Waals surface area contributed by atoms with Crippen LogP contribution in [0.25, 0.3) is 0 Å². The van der Waals surface area contributed by atoms with Crippen LogP contribution in [-0.4, -0.2) is 32.3 Å². The van der Waals surface area contributed by atoms with Crippen LogP contribution in [0.2, 0.25) is 0 Å². The summed E-state index contributed by atoms with van der Waals surface area (Å²) in [5, 5.41) is 2.77. The maximum Gasteiger partial charge on any atom is 0.310 e. The summed E-state index contributed by atoms with van der Waals surface area (Å²) in [4.78, 5) is 23.7. The Morgan fingerprint density at radius 3 is 2.92 bits per heavy atom. The molecule has 0 aliphatic carbocycles. The van der Waals surface area contributed by atoms with E-state index in [4.69, 9.17) is 20.6 Å². The van der Waals surface area contributed by atoms with Crippen LogP contribution in [0.15, 0.2) is 18.2 Å². The van der Waals surface area contributed by atoms with Gasteiger partial charge >= 0.3 is 5.97 Å². The number of methoxy groups -OCH3 is 1. The number of ether oxygens (including phenoxy) is 3. The number of nitrogens with one attached hydrogen (secondary N) is 1. The molecule has 2 rings (SSSR count). The first-order chi connectivity index (χ1) is 11.6. The quantitative estimate of drug-likeness (QED) is 0.446. The van der Waals surface area contributed by atoms with Crippen LogP contribution in [0.3, 0.4) is 0 Å². The van der Waals surface area contributed by atoms with Gasteiger partial charge in [0.15, 0.2) is 11.5 Å². The van der Waals surface area contributed by atoms with E-state index in [0.29, 0.717) is 37.2 Å². The molecule has 1 aliphatic rings. The largest absolute Gasteiger partial charge is 0.469 e. The normalized spacial score (nSPS) is 13.0. The maximum atomic E-state index is 12.0. The van der Waals surface area contributed by atoms with Crippen LogP contribution in [0.5, 0.6) is 11.5 Å². The highest BCUT2D eigenvalue weighted by molar-refractivity contribution is 5.78. The number of benzene rings is 1. The zero-order chi connectivity index (χ0) is 17.4. The molecule has 1 amide bonds. The van der Waals surface area contributed by atoms with Crippen LogP contribution in [0.4, 0.5) is 0 Å². The van der Waals surface area contributed by atoms with Gasteiger partial charge in [-0.05, 0) is 30.5 Å². The molecule has 1 heterocycles. The second-order valence-corrected chi connectivity index (χ2v) is 5.47. The molecule has 1 aromatic rings. The average Bonchev–Trinajstić information content (AvgIpc) is 3.05. The molecule has 0 bridgehead atoms. The fraction of sp³-hybridized carbons (Fsp3) is 0.444. The van der Waals surface area contributed by atoms with Crippen molar-refractivity contribution in [3.05, 3.63) is 23.8 Å². The Kier molecular flexibility index (Phi) is 6.50. The number of esters is 1. The SMILES string of the molecule is C#CCCCC(=O)NCC(Cc1ccc2c(c1)OCO2)C(=O)OC. The van der Waals surface area contributed by atoms with Gasteiger partial charge in [-0.25, -0.2) is 0 Å². The zero-order valence-corrected chi connectivity index (χ0v) is 13.7. The molecule has 0 fully saturated rings. The molecule has 1 N–H and O–H groups in total. The molecule has 1 atom stereocenters. The molecule has 1 aromatic carbocycles. The van der Waals surface area contributed by atoms with Gasteiger partial charge in [-0.1, -0.05) is 6.07 Å². The lowest BCUT2D eigenvalue weighted by Gasteiger charge is -2.16. The van der Waals surface area contributed by atoms with Crippen LogP contribution in [0, 0.1) is 18.3 Å². The number of unbranched alkanes of at least 4 members (excludes halogenated alkanes) is 1. The number of fused-ring (bicyclic) bond motifs is 1. The predicted molar refractivity (Wildman–Crippen MR) is 87.5 cm³/mol. The molecular weight excluding hydrogens is 310 g/mol. The van der Waals surface area contributed by atoms with Gasteiger partial charge in [0.1, 0.15) is 0 Å². The predicted octanol–water partition coefficient (Wildman–Crippen LogP) is 1.67. The van der Waals surface area contributed by atoms with E-state index in [2.05, 4.69) is 11.2 Å². The van der Waals surface area contributed by atoms with Gasteiger partial charge in [-0.3, -0.25) is 9.59 Å². The third-order valence-electron chi connectivity index (χ3n) is 3.72. The molecule has 6 nitrogen and oxygen atoms in total. The second-order valence-electron chi connectivity index (χ2n) is 5.47. The van der Waals surface area contributed by atoms with Gasteiger partial charge in [0, 0.05) is 19.4 Å². The Hall–Kier alpha value is -2.68. The van der Waals surface area contributed by atoms with Gasteiger partial charge in [-0.2, -0.15) is 0 Å². The van der Waals surface area contributed by atoms with E-state index in [1.54, 1.807) is 0 Å². The first kappa shape index (κ1) is 17.7. The average molecular weight is 331 g/mol. The molecule has 128 valence electrons. The van der Waals surface area contributed by atoms with Gasteiger partial charge in [0.2, 0.25) is 12.7 Å².